The number of Topliss-reactive ketones (excluding diaryl/α,β-unsaturated/α-hetero) is 1. The van der Waals surface area contributed by atoms with Crippen LogP contribution in [0.1, 0.15) is 49.4 Å². The molecule has 1 fully saturated rings. The first kappa shape index (κ1) is 15.5. The zero-order valence-corrected chi connectivity index (χ0v) is 13.4. The van der Waals surface area contributed by atoms with Gasteiger partial charge in [-0.15, -0.1) is 0 Å². The van der Waals surface area contributed by atoms with E-state index in [1.54, 1.807) is 14.0 Å². The molecule has 0 amide bonds. The minimum atomic E-state index is 0.173. The molecule has 0 aliphatic heterocycles. The number of aryl methyl sites for hydroxylation is 1. The average Bonchev–Trinajstić information content (AvgIpc) is 3.30. The molecule has 6 heteroatoms. The van der Waals surface area contributed by atoms with Gasteiger partial charge in [-0.05, 0) is 43.9 Å². The Morgan fingerprint density at radius 3 is 2.87 bits per heavy atom. The highest BCUT2D eigenvalue weighted by Gasteiger charge is 2.28. The summed E-state index contributed by atoms with van der Waals surface area (Å²) in [5.74, 6) is 3.12. The molecule has 0 saturated heterocycles. The van der Waals surface area contributed by atoms with Crippen LogP contribution in [0.4, 0.5) is 0 Å². The number of methoxy groups -OCH3 is 1. The molecule has 0 unspecified atom stereocenters. The summed E-state index contributed by atoms with van der Waals surface area (Å²) in [4.78, 5) is 15.4. The lowest BCUT2D eigenvalue weighted by atomic mass is 10.1. The summed E-state index contributed by atoms with van der Waals surface area (Å²) < 4.78 is 16.3. The highest BCUT2D eigenvalue weighted by Crippen LogP contribution is 2.38. The summed E-state index contributed by atoms with van der Waals surface area (Å²) >= 11 is 0. The van der Waals surface area contributed by atoms with Gasteiger partial charge in [0.15, 0.2) is 23.9 Å². The minimum absolute atomic E-state index is 0.173. The van der Waals surface area contributed by atoms with Crippen molar-refractivity contribution in [3.63, 3.8) is 0 Å². The number of ether oxygens (including phenoxy) is 2. The molecular weight excluding hydrogens is 296 g/mol. The molecule has 23 heavy (non-hydrogen) atoms. The Morgan fingerprint density at radius 2 is 2.17 bits per heavy atom. The van der Waals surface area contributed by atoms with Gasteiger partial charge in [0.05, 0.1) is 7.11 Å². The zero-order chi connectivity index (χ0) is 16.2. The molecule has 1 saturated carbocycles. The topological polar surface area (TPSA) is 74.5 Å². The van der Waals surface area contributed by atoms with Crippen LogP contribution in [0.3, 0.4) is 0 Å². The summed E-state index contributed by atoms with van der Waals surface area (Å²) in [6, 6.07) is 5.67. The van der Waals surface area contributed by atoms with Crippen LogP contribution < -0.4 is 9.47 Å². The second-order valence-electron chi connectivity index (χ2n) is 5.80. The molecule has 122 valence electrons. The molecule has 1 aromatic heterocycles. The number of rotatable bonds is 8. The van der Waals surface area contributed by atoms with Crippen molar-refractivity contribution in [2.24, 2.45) is 0 Å². The van der Waals surface area contributed by atoms with E-state index in [-0.39, 0.29) is 12.4 Å². The highest BCUT2D eigenvalue weighted by atomic mass is 16.5. The van der Waals surface area contributed by atoms with E-state index in [0.717, 1.165) is 24.2 Å². The number of hydrogen-bond donors (Lipinski definition) is 0. The molecule has 6 nitrogen and oxygen atoms in total. The van der Waals surface area contributed by atoms with Gasteiger partial charge in [0.2, 0.25) is 0 Å². The number of benzene rings is 1. The van der Waals surface area contributed by atoms with E-state index in [1.165, 1.54) is 0 Å². The molecule has 0 bridgehead atoms. The average molecular weight is 316 g/mol. The van der Waals surface area contributed by atoms with Gasteiger partial charge in [-0.2, -0.15) is 4.98 Å². The van der Waals surface area contributed by atoms with E-state index >= 15 is 0 Å². The Hall–Kier alpha value is -2.37. The summed E-state index contributed by atoms with van der Waals surface area (Å²) in [5, 5.41) is 3.96. The standard InChI is InChI=1S/C17H20N2O4/c1-11(20)3-4-12-5-8-14(15(9-12)21-2)22-10-16-18-17(19-23-16)13-6-7-13/h5,8-9,13H,3-4,6-7,10H2,1-2H3. The molecule has 0 spiro atoms. The van der Waals surface area contributed by atoms with Crippen LogP contribution in [-0.2, 0) is 17.8 Å². The van der Waals surface area contributed by atoms with Gasteiger partial charge < -0.3 is 18.8 Å². The molecule has 1 heterocycles. The van der Waals surface area contributed by atoms with Gasteiger partial charge in [0.1, 0.15) is 5.78 Å². The Balaban J connectivity index is 1.62. The normalized spacial score (nSPS) is 13.8. The van der Waals surface area contributed by atoms with Crippen LogP contribution >= 0.6 is 0 Å². The van der Waals surface area contributed by atoms with E-state index in [1.807, 2.05) is 18.2 Å². The predicted molar refractivity (Wildman–Crippen MR) is 82.6 cm³/mol. The van der Waals surface area contributed by atoms with Crippen LogP contribution in [0.25, 0.3) is 0 Å². The Labute approximate surface area is 134 Å². The van der Waals surface area contributed by atoms with Gasteiger partial charge in [-0.1, -0.05) is 11.2 Å². The van der Waals surface area contributed by atoms with Crippen molar-refractivity contribution in [1.82, 2.24) is 10.1 Å². The molecule has 1 aliphatic carbocycles. The third kappa shape index (κ3) is 4.09. The number of hydrogen-bond acceptors (Lipinski definition) is 6. The van der Waals surface area contributed by atoms with E-state index in [4.69, 9.17) is 14.0 Å². The Kier molecular flexibility index (Phi) is 4.60. The molecule has 0 N–H and O–H groups in total. The maximum absolute atomic E-state index is 11.1. The van der Waals surface area contributed by atoms with Crippen molar-refractivity contribution in [2.75, 3.05) is 7.11 Å². The Bertz CT molecular complexity index is 692. The van der Waals surface area contributed by atoms with E-state index in [9.17, 15) is 4.79 Å². The van der Waals surface area contributed by atoms with Gasteiger partial charge in [-0.25, -0.2) is 0 Å². The lowest BCUT2D eigenvalue weighted by molar-refractivity contribution is -0.116. The summed E-state index contributed by atoms with van der Waals surface area (Å²) in [5.41, 5.74) is 1.04. The van der Waals surface area contributed by atoms with Crippen molar-refractivity contribution in [1.29, 1.82) is 0 Å². The fourth-order valence-corrected chi connectivity index (χ4v) is 2.28. The quantitative estimate of drug-likeness (QED) is 0.745. The molecular formula is C17H20N2O4. The summed E-state index contributed by atoms with van der Waals surface area (Å²) in [7, 11) is 1.59. The SMILES string of the molecule is COc1cc(CCC(C)=O)ccc1OCc1nc(C2CC2)no1. The lowest BCUT2D eigenvalue weighted by Crippen LogP contribution is -2.00. The van der Waals surface area contributed by atoms with Crippen molar-refractivity contribution in [3.05, 3.63) is 35.5 Å². The van der Waals surface area contributed by atoms with Crippen LogP contribution in [0.15, 0.2) is 22.7 Å². The van der Waals surface area contributed by atoms with Crippen LogP contribution in [-0.4, -0.2) is 23.0 Å². The predicted octanol–water partition coefficient (Wildman–Crippen LogP) is 3.06. The third-order valence-corrected chi connectivity index (χ3v) is 3.77. The fraction of sp³-hybridized carbons (Fsp3) is 0.471. The van der Waals surface area contributed by atoms with Crippen molar-refractivity contribution >= 4 is 5.78 Å². The summed E-state index contributed by atoms with van der Waals surface area (Å²) in [6.07, 6.45) is 3.49. The van der Waals surface area contributed by atoms with Crippen molar-refractivity contribution in [3.8, 4) is 11.5 Å². The lowest BCUT2D eigenvalue weighted by Gasteiger charge is -2.10. The minimum Gasteiger partial charge on any atom is -0.493 e. The molecule has 3 rings (SSSR count). The van der Waals surface area contributed by atoms with Crippen molar-refractivity contribution in [2.45, 2.75) is 45.1 Å². The second kappa shape index (κ2) is 6.81. The molecule has 1 aliphatic rings. The van der Waals surface area contributed by atoms with Gasteiger partial charge in [0.25, 0.3) is 5.89 Å². The van der Waals surface area contributed by atoms with E-state index < -0.39 is 0 Å². The number of carbonyl (C=O) groups excluding carboxylic acids is 1. The van der Waals surface area contributed by atoms with Crippen LogP contribution in [0.5, 0.6) is 11.5 Å². The molecule has 0 atom stereocenters. The highest BCUT2D eigenvalue weighted by molar-refractivity contribution is 5.75. The molecule has 0 radical (unpaired) electrons. The maximum Gasteiger partial charge on any atom is 0.264 e. The molecule has 1 aromatic carbocycles. The van der Waals surface area contributed by atoms with Gasteiger partial charge in [0, 0.05) is 12.3 Å². The second-order valence-corrected chi connectivity index (χ2v) is 5.80. The maximum atomic E-state index is 11.1. The zero-order valence-electron chi connectivity index (χ0n) is 13.4. The van der Waals surface area contributed by atoms with E-state index in [2.05, 4.69) is 10.1 Å². The molecule has 2 aromatic rings. The number of ketones is 1. The number of carbonyl (C=O) groups is 1. The van der Waals surface area contributed by atoms with E-state index in [0.29, 0.717) is 36.1 Å². The van der Waals surface area contributed by atoms with Crippen LogP contribution in [0.2, 0.25) is 0 Å². The Morgan fingerprint density at radius 1 is 1.35 bits per heavy atom. The van der Waals surface area contributed by atoms with Gasteiger partial charge in [-0.3, -0.25) is 0 Å². The largest absolute Gasteiger partial charge is 0.493 e. The number of nitrogens with zero attached hydrogens (tertiary/aromatic N) is 2. The first-order valence-electron chi connectivity index (χ1n) is 7.77. The first-order chi connectivity index (χ1) is 11.2. The first-order valence-corrected chi connectivity index (χ1v) is 7.77. The summed E-state index contributed by atoms with van der Waals surface area (Å²) in [6.45, 7) is 1.80. The smallest absolute Gasteiger partial charge is 0.264 e. The number of aromatic nitrogens is 2. The van der Waals surface area contributed by atoms with Crippen LogP contribution in [0, 0.1) is 0 Å². The monoisotopic (exact) mass is 316 g/mol. The van der Waals surface area contributed by atoms with Crippen molar-refractivity contribution < 1.29 is 18.8 Å². The third-order valence-electron chi connectivity index (χ3n) is 3.77. The van der Waals surface area contributed by atoms with Gasteiger partial charge >= 0.3 is 0 Å². The fourth-order valence-electron chi connectivity index (χ4n) is 2.28.